The van der Waals surface area contributed by atoms with Gasteiger partial charge in [-0.2, -0.15) is 0 Å². The Labute approximate surface area is 130 Å². The normalized spacial score (nSPS) is 15.0. The van der Waals surface area contributed by atoms with Gasteiger partial charge in [0.2, 0.25) is 0 Å². The van der Waals surface area contributed by atoms with Crippen LogP contribution in [0.4, 0.5) is 11.4 Å². The van der Waals surface area contributed by atoms with E-state index in [0.717, 1.165) is 37.4 Å². The third-order valence-electron chi connectivity index (χ3n) is 3.81. The summed E-state index contributed by atoms with van der Waals surface area (Å²) in [5.41, 5.74) is 9.03. The molecule has 0 unspecified atom stereocenters. The fraction of sp³-hybridized carbons (Fsp3) is 0.250. The number of thiocarbonyl (C=S) groups is 1. The molecule has 1 aromatic carbocycles. The molecule has 1 aliphatic heterocycles. The Morgan fingerprint density at radius 3 is 2.33 bits per heavy atom. The van der Waals surface area contributed by atoms with Crippen LogP contribution < -0.4 is 15.5 Å². The van der Waals surface area contributed by atoms with E-state index in [0.29, 0.717) is 4.99 Å². The number of pyridine rings is 1. The molecule has 1 fully saturated rings. The van der Waals surface area contributed by atoms with Crippen LogP contribution in [0.2, 0.25) is 0 Å². The van der Waals surface area contributed by atoms with Gasteiger partial charge in [0.25, 0.3) is 0 Å². The molecule has 0 bridgehead atoms. The van der Waals surface area contributed by atoms with Crippen LogP contribution in [0, 0.1) is 0 Å². The Balaban J connectivity index is 1.73. The molecule has 0 amide bonds. The van der Waals surface area contributed by atoms with E-state index in [-0.39, 0.29) is 0 Å². The third-order valence-corrected chi connectivity index (χ3v) is 4.03. The first-order chi connectivity index (χ1) is 10.3. The maximum atomic E-state index is 5.81. The Morgan fingerprint density at radius 1 is 1.00 bits per heavy atom. The number of hydrogen-bond acceptors (Lipinski definition) is 4. The van der Waals surface area contributed by atoms with Gasteiger partial charge in [-0.3, -0.25) is 4.98 Å². The second kappa shape index (κ2) is 6.10. The van der Waals surface area contributed by atoms with Crippen molar-refractivity contribution in [2.45, 2.75) is 0 Å². The van der Waals surface area contributed by atoms with Crippen LogP contribution >= 0.6 is 12.2 Å². The quantitative estimate of drug-likeness (QED) is 0.879. The molecule has 2 N–H and O–H groups in total. The maximum absolute atomic E-state index is 5.81. The third kappa shape index (κ3) is 2.97. The van der Waals surface area contributed by atoms with Crippen molar-refractivity contribution in [3.63, 3.8) is 0 Å². The van der Waals surface area contributed by atoms with E-state index in [1.807, 2.05) is 18.3 Å². The summed E-state index contributed by atoms with van der Waals surface area (Å²) in [7, 11) is 0. The molecule has 0 atom stereocenters. The van der Waals surface area contributed by atoms with E-state index in [1.54, 1.807) is 6.20 Å². The van der Waals surface area contributed by atoms with Crippen LogP contribution in [0.1, 0.15) is 5.56 Å². The fourth-order valence-electron chi connectivity index (χ4n) is 2.69. The summed E-state index contributed by atoms with van der Waals surface area (Å²) in [6, 6.07) is 12.4. The number of nitrogens with two attached hydrogens (primary N) is 1. The Bertz CT molecular complexity index is 621. The van der Waals surface area contributed by atoms with Crippen molar-refractivity contribution in [2.75, 3.05) is 36.0 Å². The summed E-state index contributed by atoms with van der Waals surface area (Å²) in [6.07, 6.45) is 3.59. The van der Waals surface area contributed by atoms with Crippen LogP contribution in [-0.2, 0) is 0 Å². The number of anilines is 2. The van der Waals surface area contributed by atoms with Gasteiger partial charge in [-0.15, -0.1) is 0 Å². The minimum absolute atomic E-state index is 0.429. The van der Waals surface area contributed by atoms with E-state index in [9.17, 15) is 0 Å². The molecule has 0 aliphatic carbocycles. The second-order valence-electron chi connectivity index (χ2n) is 5.07. The predicted molar refractivity (Wildman–Crippen MR) is 91.0 cm³/mol. The molecule has 0 spiro atoms. The highest BCUT2D eigenvalue weighted by Crippen LogP contribution is 2.22. The van der Waals surface area contributed by atoms with Crippen LogP contribution in [-0.4, -0.2) is 36.2 Å². The number of nitrogens with zero attached hydrogens (tertiary/aromatic N) is 3. The lowest BCUT2D eigenvalue weighted by Gasteiger charge is -2.37. The maximum Gasteiger partial charge on any atom is 0.106 e. The van der Waals surface area contributed by atoms with Gasteiger partial charge >= 0.3 is 0 Å². The number of aromatic nitrogens is 1. The van der Waals surface area contributed by atoms with Gasteiger partial charge in [0.15, 0.2) is 0 Å². The molecule has 1 saturated heterocycles. The monoisotopic (exact) mass is 298 g/mol. The number of rotatable bonds is 3. The predicted octanol–water partition coefficient (Wildman–Crippen LogP) is 2.04. The minimum atomic E-state index is 0.429. The molecule has 2 heterocycles. The number of hydrogen-bond donors (Lipinski definition) is 1. The topological polar surface area (TPSA) is 45.4 Å². The number of benzene rings is 1. The average molecular weight is 298 g/mol. The minimum Gasteiger partial charge on any atom is -0.389 e. The zero-order valence-corrected chi connectivity index (χ0v) is 12.6. The molecule has 0 saturated carbocycles. The smallest absolute Gasteiger partial charge is 0.106 e. The standard InChI is InChI=1S/C16H18N4S/c17-16(21)14-6-7-18-12-15(14)20-10-8-19(9-11-20)13-4-2-1-3-5-13/h1-7,12H,8-11H2,(H2,17,21). The first kappa shape index (κ1) is 13.8. The lowest BCUT2D eigenvalue weighted by atomic mass is 10.1. The molecule has 4 nitrogen and oxygen atoms in total. The Hall–Kier alpha value is -2.14. The van der Waals surface area contributed by atoms with Crippen molar-refractivity contribution in [1.82, 2.24) is 4.98 Å². The van der Waals surface area contributed by atoms with Crippen molar-refractivity contribution >= 4 is 28.6 Å². The van der Waals surface area contributed by atoms with E-state index in [2.05, 4.69) is 39.0 Å². The second-order valence-corrected chi connectivity index (χ2v) is 5.51. The van der Waals surface area contributed by atoms with Gasteiger partial charge in [-0.05, 0) is 18.2 Å². The molecule has 21 heavy (non-hydrogen) atoms. The highest BCUT2D eigenvalue weighted by atomic mass is 32.1. The first-order valence-corrected chi connectivity index (χ1v) is 7.45. The van der Waals surface area contributed by atoms with Crippen molar-refractivity contribution in [2.24, 2.45) is 5.73 Å². The van der Waals surface area contributed by atoms with Gasteiger partial charge in [-0.25, -0.2) is 0 Å². The lowest BCUT2D eigenvalue weighted by molar-refractivity contribution is 0.652. The highest BCUT2D eigenvalue weighted by Gasteiger charge is 2.20. The molecular formula is C16H18N4S. The van der Waals surface area contributed by atoms with Crippen molar-refractivity contribution in [3.8, 4) is 0 Å². The highest BCUT2D eigenvalue weighted by molar-refractivity contribution is 7.80. The molecule has 0 radical (unpaired) electrons. The van der Waals surface area contributed by atoms with Gasteiger partial charge in [-0.1, -0.05) is 30.4 Å². The zero-order valence-electron chi connectivity index (χ0n) is 11.8. The molecule has 108 valence electrons. The molecule has 2 aromatic rings. The lowest BCUT2D eigenvalue weighted by Crippen LogP contribution is -2.47. The summed E-state index contributed by atoms with van der Waals surface area (Å²) in [5.74, 6) is 0. The molecule has 5 heteroatoms. The number of para-hydroxylation sites is 1. The molecular weight excluding hydrogens is 280 g/mol. The summed E-state index contributed by atoms with van der Waals surface area (Å²) in [4.78, 5) is 9.34. The van der Waals surface area contributed by atoms with E-state index in [4.69, 9.17) is 18.0 Å². The van der Waals surface area contributed by atoms with Gasteiger partial charge in [0, 0.05) is 43.6 Å². The largest absolute Gasteiger partial charge is 0.389 e. The van der Waals surface area contributed by atoms with Crippen LogP contribution in [0.5, 0.6) is 0 Å². The first-order valence-electron chi connectivity index (χ1n) is 7.04. The average Bonchev–Trinajstić information content (AvgIpc) is 2.56. The summed E-state index contributed by atoms with van der Waals surface area (Å²) >= 11 is 5.13. The summed E-state index contributed by atoms with van der Waals surface area (Å²) < 4.78 is 0. The van der Waals surface area contributed by atoms with Gasteiger partial charge in [0.1, 0.15) is 4.99 Å². The summed E-state index contributed by atoms with van der Waals surface area (Å²) in [5, 5.41) is 0. The summed E-state index contributed by atoms with van der Waals surface area (Å²) in [6.45, 7) is 3.85. The fourth-order valence-corrected chi connectivity index (χ4v) is 2.86. The Morgan fingerprint density at radius 2 is 1.67 bits per heavy atom. The van der Waals surface area contributed by atoms with Crippen LogP contribution in [0.15, 0.2) is 48.8 Å². The van der Waals surface area contributed by atoms with Crippen molar-refractivity contribution in [3.05, 3.63) is 54.4 Å². The van der Waals surface area contributed by atoms with E-state index >= 15 is 0 Å². The van der Waals surface area contributed by atoms with E-state index < -0.39 is 0 Å². The van der Waals surface area contributed by atoms with Crippen molar-refractivity contribution < 1.29 is 0 Å². The molecule has 3 rings (SSSR count). The van der Waals surface area contributed by atoms with Crippen LogP contribution in [0.25, 0.3) is 0 Å². The molecule has 1 aromatic heterocycles. The molecule has 1 aliphatic rings. The van der Waals surface area contributed by atoms with Crippen molar-refractivity contribution in [1.29, 1.82) is 0 Å². The SMILES string of the molecule is NC(=S)c1ccncc1N1CCN(c2ccccc2)CC1. The zero-order chi connectivity index (χ0) is 14.7. The van der Waals surface area contributed by atoms with Gasteiger partial charge < -0.3 is 15.5 Å². The Kier molecular flexibility index (Phi) is 4.01. The van der Waals surface area contributed by atoms with Crippen LogP contribution in [0.3, 0.4) is 0 Å². The van der Waals surface area contributed by atoms with Gasteiger partial charge in [0.05, 0.1) is 11.9 Å². The number of piperazine rings is 1. The van der Waals surface area contributed by atoms with E-state index in [1.165, 1.54) is 5.69 Å².